The molecule has 0 aliphatic heterocycles. The lowest BCUT2D eigenvalue weighted by Gasteiger charge is -2.12. The number of rotatable bonds is 3. The Morgan fingerprint density at radius 1 is 1.28 bits per heavy atom. The lowest BCUT2D eigenvalue weighted by Crippen LogP contribution is -2.28. The molecule has 0 N–H and O–H groups in total. The molecule has 0 aliphatic carbocycles. The number of halogens is 3. The third-order valence-electron chi connectivity index (χ3n) is 2.00. The zero-order valence-corrected chi connectivity index (χ0v) is 10.2. The first-order chi connectivity index (χ1) is 8.04. The third kappa shape index (κ3) is 3.00. The van der Waals surface area contributed by atoms with E-state index >= 15 is 0 Å². The molecule has 0 spiro atoms. The first kappa shape index (κ1) is 14.5. The minimum Gasteiger partial charge on any atom is -0.375 e. The van der Waals surface area contributed by atoms with Gasteiger partial charge in [-0.05, 0) is 31.5 Å². The van der Waals surface area contributed by atoms with Crippen molar-refractivity contribution in [2.75, 3.05) is 0 Å². The van der Waals surface area contributed by atoms with Gasteiger partial charge in [0.05, 0.1) is 5.56 Å². The zero-order valence-electron chi connectivity index (χ0n) is 9.41. The molecule has 0 fully saturated rings. The highest BCUT2D eigenvalue weighted by Crippen LogP contribution is 2.29. The smallest absolute Gasteiger partial charge is 0.375 e. The van der Waals surface area contributed by atoms with Gasteiger partial charge in [-0.3, -0.25) is 4.79 Å². The standard InChI is InChI=1S/C10H9F3O4S/c1-6-3-4-8(7(2)14)9(5-6)17-18(15,16)10(11,12)13/h3-5H,1-2H3. The topological polar surface area (TPSA) is 60.4 Å². The number of aryl methyl sites for hydroxylation is 1. The van der Waals surface area contributed by atoms with Gasteiger partial charge >= 0.3 is 15.6 Å². The molecular formula is C10H9F3O4S. The Labute approximate surface area is 101 Å². The van der Waals surface area contributed by atoms with Crippen LogP contribution in [0.5, 0.6) is 5.75 Å². The quantitative estimate of drug-likeness (QED) is 0.485. The third-order valence-corrected chi connectivity index (χ3v) is 2.97. The average molecular weight is 282 g/mol. The van der Waals surface area contributed by atoms with Gasteiger partial charge < -0.3 is 4.18 Å². The van der Waals surface area contributed by atoms with Crippen molar-refractivity contribution in [3.63, 3.8) is 0 Å². The fourth-order valence-corrected chi connectivity index (χ4v) is 1.62. The molecule has 4 nitrogen and oxygen atoms in total. The van der Waals surface area contributed by atoms with Gasteiger partial charge in [0.25, 0.3) is 0 Å². The van der Waals surface area contributed by atoms with E-state index in [1.807, 2.05) is 0 Å². The van der Waals surface area contributed by atoms with Crippen molar-refractivity contribution in [3.05, 3.63) is 29.3 Å². The van der Waals surface area contributed by atoms with Crippen LogP contribution in [0.2, 0.25) is 0 Å². The van der Waals surface area contributed by atoms with Crippen LogP contribution in [0.25, 0.3) is 0 Å². The number of benzene rings is 1. The summed E-state index contributed by atoms with van der Waals surface area (Å²) in [6.45, 7) is 2.62. The van der Waals surface area contributed by atoms with Crippen LogP contribution < -0.4 is 4.18 Å². The van der Waals surface area contributed by atoms with Crippen molar-refractivity contribution in [1.82, 2.24) is 0 Å². The second kappa shape index (κ2) is 4.60. The van der Waals surface area contributed by atoms with Gasteiger partial charge in [0.2, 0.25) is 0 Å². The number of alkyl halides is 3. The van der Waals surface area contributed by atoms with E-state index < -0.39 is 27.2 Å². The number of carbonyl (C=O) groups excluding carboxylic acids is 1. The Morgan fingerprint density at radius 2 is 1.83 bits per heavy atom. The highest BCUT2D eigenvalue weighted by atomic mass is 32.2. The second-order valence-electron chi connectivity index (χ2n) is 3.54. The molecule has 0 saturated carbocycles. The summed E-state index contributed by atoms with van der Waals surface area (Å²) in [5.41, 5.74) is -5.30. The molecule has 0 aliphatic rings. The molecule has 0 bridgehead atoms. The van der Waals surface area contributed by atoms with Gasteiger partial charge in [-0.1, -0.05) is 6.07 Å². The molecule has 0 unspecified atom stereocenters. The van der Waals surface area contributed by atoms with E-state index in [1.165, 1.54) is 19.1 Å². The van der Waals surface area contributed by atoms with Gasteiger partial charge in [0.1, 0.15) is 0 Å². The molecule has 0 heterocycles. The van der Waals surface area contributed by atoms with E-state index in [0.29, 0.717) is 5.56 Å². The second-order valence-corrected chi connectivity index (χ2v) is 5.08. The van der Waals surface area contributed by atoms with Crippen LogP contribution in [-0.2, 0) is 10.1 Å². The van der Waals surface area contributed by atoms with Crippen molar-refractivity contribution in [1.29, 1.82) is 0 Å². The molecule has 0 atom stereocenters. The number of carbonyl (C=O) groups is 1. The molecule has 1 rings (SSSR count). The number of ketones is 1. The van der Waals surface area contributed by atoms with Crippen LogP contribution in [-0.4, -0.2) is 19.7 Å². The summed E-state index contributed by atoms with van der Waals surface area (Å²) in [5.74, 6) is -1.22. The van der Waals surface area contributed by atoms with Gasteiger partial charge in [-0.25, -0.2) is 0 Å². The Hall–Kier alpha value is -1.57. The van der Waals surface area contributed by atoms with E-state index in [2.05, 4.69) is 4.18 Å². The summed E-state index contributed by atoms with van der Waals surface area (Å²) in [6, 6.07) is 3.72. The van der Waals surface area contributed by atoms with E-state index in [9.17, 15) is 26.4 Å². The normalized spacial score (nSPS) is 12.3. The molecule has 18 heavy (non-hydrogen) atoms. The largest absolute Gasteiger partial charge is 0.534 e. The summed E-state index contributed by atoms with van der Waals surface area (Å²) in [5, 5.41) is 0. The first-order valence-electron chi connectivity index (χ1n) is 4.67. The van der Waals surface area contributed by atoms with Crippen molar-refractivity contribution in [2.24, 2.45) is 0 Å². The van der Waals surface area contributed by atoms with E-state index in [4.69, 9.17) is 0 Å². The first-order valence-corrected chi connectivity index (χ1v) is 6.08. The zero-order chi connectivity index (χ0) is 14.1. The maximum absolute atomic E-state index is 12.2. The van der Waals surface area contributed by atoms with Gasteiger partial charge in [0.15, 0.2) is 11.5 Å². The summed E-state index contributed by atoms with van der Waals surface area (Å²) in [6.07, 6.45) is 0. The molecule has 1 aromatic carbocycles. The van der Waals surface area contributed by atoms with E-state index in [1.54, 1.807) is 0 Å². The summed E-state index contributed by atoms with van der Waals surface area (Å²) in [4.78, 5) is 11.2. The van der Waals surface area contributed by atoms with E-state index in [-0.39, 0.29) is 5.56 Å². The van der Waals surface area contributed by atoms with Crippen LogP contribution in [0.15, 0.2) is 18.2 Å². The molecule has 0 amide bonds. The highest BCUT2D eigenvalue weighted by Gasteiger charge is 2.48. The van der Waals surface area contributed by atoms with Crippen LogP contribution in [0.1, 0.15) is 22.8 Å². The van der Waals surface area contributed by atoms with Gasteiger partial charge in [-0.2, -0.15) is 21.6 Å². The lowest BCUT2D eigenvalue weighted by molar-refractivity contribution is -0.0500. The lowest BCUT2D eigenvalue weighted by atomic mass is 10.1. The summed E-state index contributed by atoms with van der Waals surface area (Å²) < 4.78 is 62.1. The predicted octanol–water partition coefficient (Wildman–Crippen LogP) is 2.43. The molecule has 8 heteroatoms. The van der Waals surface area contributed by atoms with Crippen LogP contribution >= 0.6 is 0 Å². The highest BCUT2D eigenvalue weighted by molar-refractivity contribution is 7.88. The van der Waals surface area contributed by atoms with Crippen molar-refractivity contribution in [2.45, 2.75) is 19.4 Å². The molecule has 0 radical (unpaired) electrons. The Kier molecular flexibility index (Phi) is 3.70. The monoisotopic (exact) mass is 282 g/mol. The van der Waals surface area contributed by atoms with Crippen LogP contribution in [0.3, 0.4) is 0 Å². The minimum absolute atomic E-state index is 0.228. The van der Waals surface area contributed by atoms with Crippen molar-refractivity contribution < 1.29 is 30.6 Å². The summed E-state index contributed by atoms with van der Waals surface area (Å²) in [7, 11) is -5.78. The number of Topliss-reactive ketones (excluding diaryl/α,β-unsaturated/α-hetero) is 1. The SMILES string of the molecule is CC(=O)c1ccc(C)cc1OS(=O)(=O)C(F)(F)F. The molecule has 100 valence electrons. The van der Waals surface area contributed by atoms with Gasteiger partial charge in [0, 0.05) is 0 Å². The minimum atomic E-state index is -5.78. The van der Waals surface area contributed by atoms with Crippen molar-refractivity contribution >= 4 is 15.9 Å². The van der Waals surface area contributed by atoms with Crippen LogP contribution in [0, 0.1) is 6.92 Å². The molecule has 1 aromatic rings. The average Bonchev–Trinajstić information content (AvgIpc) is 2.14. The molecular weight excluding hydrogens is 273 g/mol. The number of hydrogen-bond donors (Lipinski definition) is 0. The fraction of sp³-hybridized carbons (Fsp3) is 0.300. The fourth-order valence-electron chi connectivity index (χ4n) is 1.15. The number of hydrogen-bond acceptors (Lipinski definition) is 4. The Bertz CT molecular complexity index is 575. The maximum atomic E-state index is 12.2. The molecule has 0 aromatic heterocycles. The predicted molar refractivity (Wildman–Crippen MR) is 56.8 cm³/mol. The van der Waals surface area contributed by atoms with Crippen LogP contribution in [0.4, 0.5) is 13.2 Å². The summed E-state index contributed by atoms with van der Waals surface area (Å²) >= 11 is 0. The van der Waals surface area contributed by atoms with E-state index in [0.717, 1.165) is 13.0 Å². The van der Waals surface area contributed by atoms with Gasteiger partial charge in [-0.15, -0.1) is 0 Å². The molecule has 0 saturated heterocycles. The van der Waals surface area contributed by atoms with Crippen molar-refractivity contribution in [3.8, 4) is 5.75 Å². The Morgan fingerprint density at radius 3 is 2.28 bits per heavy atom. The maximum Gasteiger partial charge on any atom is 0.534 e. The Balaban J connectivity index is 3.27.